The summed E-state index contributed by atoms with van der Waals surface area (Å²) < 4.78 is 7.02. The van der Waals surface area contributed by atoms with Gasteiger partial charge in [-0.2, -0.15) is 5.10 Å². The lowest BCUT2D eigenvalue weighted by Crippen LogP contribution is -2.23. The zero-order valence-corrected chi connectivity index (χ0v) is 13.1. The molecule has 0 bridgehead atoms. The van der Waals surface area contributed by atoms with Crippen LogP contribution in [0, 0.1) is 0 Å². The second-order valence-electron chi connectivity index (χ2n) is 6.03. The smallest absolute Gasteiger partial charge is 0.270 e. The zero-order valence-electron chi connectivity index (χ0n) is 13.1. The highest BCUT2D eigenvalue weighted by molar-refractivity contribution is 5.90. The summed E-state index contributed by atoms with van der Waals surface area (Å²) in [6.45, 7) is 6.41. The highest BCUT2D eigenvalue weighted by Crippen LogP contribution is 2.24. The van der Waals surface area contributed by atoms with E-state index in [1.54, 1.807) is 6.20 Å². The molecule has 0 saturated heterocycles. The molecule has 0 aliphatic rings. The first-order valence-corrected chi connectivity index (χ1v) is 7.03. The van der Waals surface area contributed by atoms with Gasteiger partial charge >= 0.3 is 0 Å². The zero-order chi connectivity index (χ0) is 16.6. The van der Waals surface area contributed by atoms with Gasteiger partial charge in [0.15, 0.2) is 11.3 Å². The van der Waals surface area contributed by atoms with E-state index in [1.807, 2.05) is 25.5 Å². The third-order valence-corrected chi connectivity index (χ3v) is 3.21. The number of nitrogens with one attached hydrogen (secondary N) is 1. The summed E-state index contributed by atoms with van der Waals surface area (Å²) >= 11 is 0. The quantitative estimate of drug-likeness (QED) is 0.742. The number of carbonyl (C=O) groups excluding carboxylic acids is 1. The molecular weight excluding hydrogens is 298 g/mol. The highest BCUT2D eigenvalue weighted by Gasteiger charge is 2.19. The van der Waals surface area contributed by atoms with Crippen LogP contribution in [-0.2, 0) is 12.1 Å². The van der Waals surface area contributed by atoms with Crippen LogP contribution < -0.4 is 11.1 Å². The summed E-state index contributed by atoms with van der Waals surface area (Å²) in [5.41, 5.74) is 5.78. The fraction of sp³-hybridized carbons (Fsp3) is 0.357. The Kier molecular flexibility index (Phi) is 3.47. The van der Waals surface area contributed by atoms with E-state index in [0.29, 0.717) is 11.7 Å². The van der Waals surface area contributed by atoms with Crippen LogP contribution in [-0.4, -0.2) is 30.6 Å². The van der Waals surface area contributed by atoms with E-state index in [-0.39, 0.29) is 17.8 Å². The molecule has 3 aromatic rings. The number of carbonyl (C=O) groups is 1. The Balaban J connectivity index is 1.85. The standard InChI is InChI=1S/C14H17N7O2/c1-14(2,3)21-13-8(4-19-21)12(17-7-18-13)16-5-10-20-9(6-23-10)11(15)22/h4,6-7H,5H2,1-3H3,(H2,15,22)(H,16,17,18). The predicted molar refractivity (Wildman–Crippen MR) is 82.7 cm³/mol. The van der Waals surface area contributed by atoms with Gasteiger partial charge in [0.1, 0.15) is 18.4 Å². The largest absolute Gasteiger partial charge is 0.446 e. The normalized spacial score (nSPS) is 11.8. The molecule has 3 N–H and O–H groups in total. The number of hydrogen-bond donors (Lipinski definition) is 2. The monoisotopic (exact) mass is 315 g/mol. The van der Waals surface area contributed by atoms with Crippen molar-refractivity contribution in [3.63, 3.8) is 0 Å². The highest BCUT2D eigenvalue weighted by atomic mass is 16.3. The average molecular weight is 315 g/mol. The number of hydrogen-bond acceptors (Lipinski definition) is 7. The van der Waals surface area contributed by atoms with Gasteiger partial charge in [0.2, 0.25) is 5.89 Å². The fourth-order valence-corrected chi connectivity index (χ4v) is 2.14. The fourth-order valence-electron chi connectivity index (χ4n) is 2.14. The third-order valence-electron chi connectivity index (χ3n) is 3.21. The molecule has 0 fully saturated rings. The lowest BCUT2D eigenvalue weighted by molar-refractivity contribution is 0.0995. The van der Waals surface area contributed by atoms with Gasteiger partial charge in [0.05, 0.1) is 23.7 Å². The van der Waals surface area contributed by atoms with Crippen molar-refractivity contribution in [3.05, 3.63) is 30.4 Å². The van der Waals surface area contributed by atoms with Gasteiger partial charge < -0.3 is 15.5 Å². The minimum absolute atomic E-state index is 0.0928. The van der Waals surface area contributed by atoms with Gasteiger partial charge in [0.25, 0.3) is 5.91 Å². The molecule has 0 unspecified atom stereocenters. The third kappa shape index (κ3) is 2.85. The first-order chi connectivity index (χ1) is 10.9. The van der Waals surface area contributed by atoms with Gasteiger partial charge in [-0.3, -0.25) is 4.79 Å². The maximum absolute atomic E-state index is 11.0. The van der Waals surface area contributed by atoms with Crippen LogP contribution in [0.15, 0.2) is 23.2 Å². The molecule has 9 heteroatoms. The van der Waals surface area contributed by atoms with Crippen molar-refractivity contribution >= 4 is 22.8 Å². The molecule has 0 spiro atoms. The molecule has 0 saturated carbocycles. The average Bonchev–Trinajstić information content (AvgIpc) is 3.11. The Bertz CT molecular complexity index is 860. The maximum atomic E-state index is 11.0. The molecule has 0 aliphatic carbocycles. The van der Waals surface area contributed by atoms with Crippen LogP contribution in [0.2, 0.25) is 0 Å². The molecule has 0 atom stereocenters. The summed E-state index contributed by atoms with van der Waals surface area (Å²) in [6.07, 6.45) is 4.42. The Morgan fingerprint density at radius 2 is 2.17 bits per heavy atom. The number of amides is 1. The summed E-state index contributed by atoms with van der Waals surface area (Å²) in [4.78, 5) is 23.5. The lowest BCUT2D eigenvalue weighted by Gasteiger charge is -2.19. The number of nitrogens with zero attached hydrogens (tertiary/aromatic N) is 5. The minimum atomic E-state index is -0.629. The van der Waals surface area contributed by atoms with Crippen molar-refractivity contribution < 1.29 is 9.21 Å². The van der Waals surface area contributed by atoms with Gasteiger partial charge in [-0.25, -0.2) is 19.6 Å². The molecule has 0 aromatic carbocycles. The van der Waals surface area contributed by atoms with Crippen LogP contribution in [0.3, 0.4) is 0 Å². The number of primary amides is 1. The predicted octanol–water partition coefficient (Wildman–Crippen LogP) is 1.28. The second kappa shape index (κ2) is 5.34. The molecule has 3 rings (SSSR count). The second-order valence-corrected chi connectivity index (χ2v) is 6.03. The molecule has 120 valence electrons. The van der Waals surface area contributed by atoms with Crippen LogP contribution in [0.25, 0.3) is 11.0 Å². The number of oxazole rings is 1. The van der Waals surface area contributed by atoms with E-state index in [2.05, 4.69) is 25.4 Å². The van der Waals surface area contributed by atoms with Crippen LogP contribution in [0.4, 0.5) is 5.82 Å². The number of fused-ring (bicyclic) bond motifs is 1. The number of aromatic nitrogens is 5. The van der Waals surface area contributed by atoms with Gasteiger partial charge in [0, 0.05) is 0 Å². The van der Waals surface area contributed by atoms with Gasteiger partial charge in [-0.05, 0) is 20.8 Å². The van der Waals surface area contributed by atoms with Crippen LogP contribution in [0.5, 0.6) is 0 Å². The van der Waals surface area contributed by atoms with Crippen molar-refractivity contribution in [1.82, 2.24) is 24.7 Å². The first kappa shape index (κ1) is 14.9. The molecule has 0 radical (unpaired) electrons. The Hall–Kier alpha value is -2.97. The van der Waals surface area contributed by atoms with Crippen molar-refractivity contribution in [3.8, 4) is 0 Å². The summed E-state index contributed by atoms with van der Waals surface area (Å²) in [5, 5.41) is 8.29. The van der Waals surface area contributed by atoms with Crippen molar-refractivity contribution in [2.24, 2.45) is 5.73 Å². The Labute approximate surface area is 131 Å². The number of nitrogens with two attached hydrogens (primary N) is 1. The minimum Gasteiger partial charge on any atom is -0.446 e. The Morgan fingerprint density at radius 3 is 2.83 bits per heavy atom. The molecule has 9 nitrogen and oxygen atoms in total. The van der Waals surface area contributed by atoms with E-state index < -0.39 is 5.91 Å². The topological polar surface area (TPSA) is 125 Å². The lowest BCUT2D eigenvalue weighted by atomic mass is 10.1. The molecule has 1 amide bonds. The first-order valence-electron chi connectivity index (χ1n) is 7.03. The van der Waals surface area contributed by atoms with E-state index >= 15 is 0 Å². The van der Waals surface area contributed by atoms with Crippen molar-refractivity contribution in [1.29, 1.82) is 0 Å². The van der Waals surface area contributed by atoms with Gasteiger partial charge in [-0.15, -0.1) is 0 Å². The summed E-state index contributed by atoms with van der Waals surface area (Å²) in [5.74, 6) is 0.328. The van der Waals surface area contributed by atoms with Crippen LogP contribution in [0.1, 0.15) is 37.2 Å². The maximum Gasteiger partial charge on any atom is 0.270 e. The van der Waals surface area contributed by atoms with E-state index in [1.165, 1.54) is 12.6 Å². The van der Waals surface area contributed by atoms with Crippen molar-refractivity contribution in [2.45, 2.75) is 32.9 Å². The van der Waals surface area contributed by atoms with E-state index in [9.17, 15) is 4.79 Å². The summed E-state index contributed by atoms with van der Waals surface area (Å²) in [6, 6.07) is 0. The van der Waals surface area contributed by atoms with E-state index in [0.717, 1.165) is 11.0 Å². The Morgan fingerprint density at radius 1 is 1.39 bits per heavy atom. The summed E-state index contributed by atoms with van der Waals surface area (Å²) in [7, 11) is 0. The molecule has 3 heterocycles. The van der Waals surface area contributed by atoms with E-state index in [4.69, 9.17) is 10.2 Å². The molecule has 3 aromatic heterocycles. The van der Waals surface area contributed by atoms with Gasteiger partial charge in [-0.1, -0.05) is 0 Å². The number of rotatable bonds is 4. The number of anilines is 1. The van der Waals surface area contributed by atoms with Crippen molar-refractivity contribution in [2.75, 3.05) is 5.32 Å². The molecule has 0 aliphatic heterocycles. The molecule has 23 heavy (non-hydrogen) atoms. The SMILES string of the molecule is CC(C)(C)n1ncc2c(NCc3nc(C(N)=O)co3)ncnc21. The van der Waals surface area contributed by atoms with Crippen LogP contribution >= 0.6 is 0 Å². The molecular formula is C14H17N7O2.